The van der Waals surface area contributed by atoms with Crippen molar-refractivity contribution in [2.75, 3.05) is 35.6 Å². The molecule has 0 aliphatic carbocycles. The molecule has 14 heteroatoms. The second kappa shape index (κ2) is 7.62. The van der Waals surface area contributed by atoms with Crippen molar-refractivity contribution in [2.24, 2.45) is 0 Å². The number of nitrogen functional groups attached to an aromatic ring is 1. The molecule has 2 heterocycles. The number of hydrogen-bond donors (Lipinski definition) is 2. The number of hydrogen-bond acceptors (Lipinski definition) is 6. The monoisotopic (exact) mass is 423 g/mol. The van der Waals surface area contributed by atoms with Crippen molar-refractivity contribution < 1.29 is 39.9 Å². The van der Waals surface area contributed by atoms with Crippen LogP contribution >= 0.6 is 0 Å². The number of nitrogens with two attached hydrogens (primary N) is 1. The molecule has 1 aromatic rings. The van der Waals surface area contributed by atoms with Gasteiger partial charge in [0.25, 0.3) is 5.92 Å². The van der Waals surface area contributed by atoms with E-state index in [-0.39, 0.29) is 18.1 Å². The van der Waals surface area contributed by atoms with Gasteiger partial charge in [-0.15, -0.1) is 0 Å². The van der Waals surface area contributed by atoms with Gasteiger partial charge >= 0.3 is 18.4 Å². The Balaban J connectivity index is 2.31. The van der Waals surface area contributed by atoms with Gasteiger partial charge in [0, 0.05) is 19.5 Å². The van der Waals surface area contributed by atoms with Crippen LogP contribution in [0.1, 0.15) is 19.8 Å². The van der Waals surface area contributed by atoms with Crippen LogP contribution in [-0.4, -0.2) is 54.0 Å². The molecule has 1 aliphatic heterocycles. The van der Waals surface area contributed by atoms with E-state index in [4.69, 9.17) is 5.73 Å². The van der Waals surface area contributed by atoms with Gasteiger partial charge in [-0.25, -0.2) is 8.78 Å². The van der Waals surface area contributed by atoms with Crippen LogP contribution in [0.2, 0.25) is 0 Å². The molecular weight excluding hydrogens is 406 g/mol. The third kappa shape index (κ3) is 5.86. The molecule has 1 saturated heterocycles. The van der Waals surface area contributed by atoms with Crippen molar-refractivity contribution in [1.29, 1.82) is 0 Å². The highest BCUT2D eigenvalue weighted by molar-refractivity contribution is 5.76. The lowest BCUT2D eigenvalue weighted by molar-refractivity contribution is -0.190. The standard InChI is InChI=1S/C14H17F8N5O/c1-7(14(20,21)22)28-11-25-9(24-4-2-13(17,18)19)8(23)10(26-11)27-5-3-12(15,16)6-27/h7H,2-6,23H2,1H3,(H,24,25,26)/t7-/m0/s1. The summed E-state index contributed by atoms with van der Waals surface area (Å²) < 4.78 is 107. The maximum absolute atomic E-state index is 13.5. The van der Waals surface area contributed by atoms with Crippen molar-refractivity contribution in [2.45, 2.75) is 44.1 Å². The number of anilines is 3. The van der Waals surface area contributed by atoms with E-state index in [1.807, 2.05) is 0 Å². The molecule has 28 heavy (non-hydrogen) atoms. The Kier molecular flexibility index (Phi) is 5.99. The molecule has 6 nitrogen and oxygen atoms in total. The molecule has 2 rings (SSSR count). The summed E-state index contributed by atoms with van der Waals surface area (Å²) in [5, 5.41) is 2.23. The maximum Gasteiger partial charge on any atom is 0.425 e. The highest BCUT2D eigenvalue weighted by Gasteiger charge is 2.41. The zero-order valence-corrected chi connectivity index (χ0v) is 14.5. The average Bonchev–Trinajstić information content (AvgIpc) is 2.87. The van der Waals surface area contributed by atoms with Gasteiger partial charge < -0.3 is 20.7 Å². The molecule has 0 saturated carbocycles. The van der Waals surface area contributed by atoms with E-state index in [0.29, 0.717) is 6.92 Å². The second-order valence-electron chi connectivity index (χ2n) is 6.21. The largest absolute Gasteiger partial charge is 0.451 e. The minimum atomic E-state index is -4.77. The third-order valence-electron chi connectivity index (χ3n) is 3.82. The fraction of sp³-hybridized carbons (Fsp3) is 0.714. The van der Waals surface area contributed by atoms with Crippen LogP contribution in [0, 0.1) is 0 Å². The third-order valence-corrected chi connectivity index (χ3v) is 3.82. The zero-order valence-electron chi connectivity index (χ0n) is 14.5. The number of rotatable bonds is 6. The summed E-state index contributed by atoms with van der Waals surface area (Å²) in [6.07, 6.45) is -13.4. The lowest BCUT2D eigenvalue weighted by Gasteiger charge is -2.23. The summed E-state index contributed by atoms with van der Waals surface area (Å²) in [5.41, 5.74) is 5.39. The SMILES string of the molecule is C[C@H](Oc1nc(NCCC(F)(F)F)c(N)c(N2CCC(F)(F)C2)n1)C(F)(F)F. The Hall–Kier alpha value is -2.28. The summed E-state index contributed by atoms with van der Waals surface area (Å²) in [7, 11) is 0. The van der Waals surface area contributed by atoms with Crippen LogP contribution in [0.15, 0.2) is 0 Å². The number of nitrogens with one attached hydrogen (secondary N) is 1. The van der Waals surface area contributed by atoms with Crippen LogP contribution in [0.5, 0.6) is 6.01 Å². The molecule has 3 N–H and O–H groups in total. The Morgan fingerprint density at radius 1 is 1.21 bits per heavy atom. The van der Waals surface area contributed by atoms with E-state index in [2.05, 4.69) is 20.0 Å². The lowest BCUT2D eigenvalue weighted by atomic mass is 10.3. The maximum atomic E-state index is 13.5. The molecule has 1 atom stereocenters. The van der Waals surface area contributed by atoms with Gasteiger partial charge in [-0.05, 0) is 6.92 Å². The Bertz CT molecular complexity index is 694. The van der Waals surface area contributed by atoms with Gasteiger partial charge in [0.1, 0.15) is 5.69 Å². The van der Waals surface area contributed by atoms with Crippen LogP contribution in [0.3, 0.4) is 0 Å². The molecule has 0 amide bonds. The number of alkyl halides is 8. The van der Waals surface area contributed by atoms with Gasteiger partial charge in [-0.3, -0.25) is 0 Å². The smallest absolute Gasteiger partial charge is 0.425 e. The van der Waals surface area contributed by atoms with Gasteiger partial charge in [0.2, 0.25) is 0 Å². The van der Waals surface area contributed by atoms with Crippen LogP contribution in [-0.2, 0) is 0 Å². The fourth-order valence-electron chi connectivity index (χ4n) is 2.33. The van der Waals surface area contributed by atoms with E-state index < -0.39 is 62.1 Å². The molecule has 160 valence electrons. The Morgan fingerprint density at radius 3 is 2.36 bits per heavy atom. The van der Waals surface area contributed by atoms with Crippen LogP contribution in [0.4, 0.5) is 52.4 Å². The summed E-state index contributed by atoms with van der Waals surface area (Å²) in [6.45, 7) is -1.02. The van der Waals surface area contributed by atoms with E-state index in [1.54, 1.807) is 0 Å². The summed E-state index contributed by atoms with van der Waals surface area (Å²) >= 11 is 0. The van der Waals surface area contributed by atoms with Crippen molar-refractivity contribution in [1.82, 2.24) is 9.97 Å². The molecule has 0 bridgehead atoms. The lowest BCUT2D eigenvalue weighted by Crippen LogP contribution is -2.32. The quantitative estimate of drug-likeness (QED) is 0.682. The Morgan fingerprint density at radius 2 is 1.86 bits per heavy atom. The summed E-state index contributed by atoms with van der Waals surface area (Å²) in [6, 6.07) is -0.848. The molecule has 0 unspecified atom stereocenters. The first-order valence-electron chi connectivity index (χ1n) is 8.02. The molecular formula is C14H17F8N5O. The first kappa shape index (κ1) is 22.0. The molecule has 0 radical (unpaired) electrons. The fourth-order valence-corrected chi connectivity index (χ4v) is 2.33. The molecule has 1 fully saturated rings. The molecule has 0 spiro atoms. The minimum Gasteiger partial charge on any atom is -0.451 e. The second-order valence-corrected chi connectivity index (χ2v) is 6.21. The van der Waals surface area contributed by atoms with Crippen molar-refractivity contribution in [3.8, 4) is 6.01 Å². The number of nitrogens with zero attached hydrogens (tertiary/aromatic N) is 3. The molecule has 1 aromatic heterocycles. The summed E-state index contributed by atoms with van der Waals surface area (Å²) in [4.78, 5) is 8.24. The van der Waals surface area contributed by atoms with Crippen molar-refractivity contribution >= 4 is 17.3 Å². The van der Waals surface area contributed by atoms with E-state index in [1.165, 1.54) is 0 Å². The molecule has 1 aliphatic rings. The van der Waals surface area contributed by atoms with Crippen LogP contribution < -0.4 is 20.7 Å². The number of ether oxygens (including phenoxy) is 1. The highest BCUT2D eigenvalue weighted by Crippen LogP contribution is 2.37. The van der Waals surface area contributed by atoms with Crippen LogP contribution in [0.25, 0.3) is 0 Å². The highest BCUT2D eigenvalue weighted by atomic mass is 19.4. The van der Waals surface area contributed by atoms with Gasteiger partial charge in [-0.2, -0.15) is 36.3 Å². The van der Waals surface area contributed by atoms with E-state index >= 15 is 0 Å². The predicted octanol–water partition coefficient (Wildman–Crippen LogP) is 3.60. The number of halogens is 8. The van der Waals surface area contributed by atoms with Gasteiger partial charge in [0.05, 0.1) is 13.0 Å². The van der Waals surface area contributed by atoms with Crippen molar-refractivity contribution in [3.63, 3.8) is 0 Å². The molecule has 0 aromatic carbocycles. The predicted molar refractivity (Wildman–Crippen MR) is 83.5 cm³/mol. The van der Waals surface area contributed by atoms with Crippen molar-refractivity contribution in [3.05, 3.63) is 0 Å². The topological polar surface area (TPSA) is 76.3 Å². The van der Waals surface area contributed by atoms with Gasteiger partial charge in [0.15, 0.2) is 17.7 Å². The first-order valence-corrected chi connectivity index (χ1v) is 8.02. The Labute approximate surface area is 154 Å². The average molecular weight is 423 g/mol. The number of aromatic nitrogens is 2. The van der Waals surface area contributed by atoms with E-state index in [0.717, 1.165) is 4.90 Å². The van der Waals surface area contributed by atoms with E-state index in [9.17, 15) is 35.1 Å². The van der Waals surface area contributed by atoms with Gasteiger partial charge in [-0.1, -0.05) is 0 Å². The minimum absolute atomic E-state index is 0.204. The summed E-state index contributed by atoms with van der Waals surface area (Å²) in [5.74, 6) is -3.85. The zero-order chi connectivity index (χ0) is 21.3. The first-order chi connectivity index (χ1) is 12.7. The normalized spacial score (nSPS) is 18.2.